The average molecular weight is 275 g/mol. The Morgan fingerprint density at radius 2 is 1.75 bits per heavy atom. The zero-order valence-corrected chi connectivity index (χ0v) is 11.9. The van der Waals surface area contributed by atoms with Crippen LogP contribution in [0.3, 0.4) is 0 Å². The fraction of sp³-hybridized carbons (Fsp3) is 0.562. The summed E-state index contributed by atoms with van der Waals surface area (Å²) in [4.78, 5) is 13.5. The van der Waals surface area contributed by atoms with E-state index in [0.717, 1.165) is 44.7 Å². The number of anilines is 1. The molecule has 2 aliphatic rings. The van der Waals surface area contributed by atoms with E-state index >= 15 is 0 Å². The molecular weight excluding hydrogens is 254 g/mol. The summed E-state index contributed by atoms with van der Waals surface area (Å²) in [6.45, 7) is 4.97. The van der Waals surface area contributed by atoms with Crippen molar-refractivity contribution in [3.63, 3.8) is 0 Å². The van der Waals surface area contributed by atoms with Gasteiger partial charge in [0, 0.05) is 38.0 Å². The Morgan fingerprint density at radius 1 is 1.15 bits per heavy atom. The minimum atomic E-state index is -0.314. The fourth-order valence-electron chi connectivity index (χ4n) is 3.00. The molecule has 2 aliphatic heterocycles. The van der Waals surface area contributed by atoms with Crippen LogP contribution in [-0.4, -0.2) is 37.9 Å². The van der Waals surface area contributed by atoms with Crippen molar-refractivity contribution in [2.24, 2.45) is 0 Å². The Bertz CT molecular complexity index is 467. The van der Waals surface area contributed by atoms with Gasteiger partial charge < -0.3 is 14.4 Å². The third-order valence-corrected chi connectivity index (χ3v) is 4.09. The van der Waals surface area contributed by atoms with E-state index in [-0.39, 0.29) is 11.6 Å². The van der Waals surface area contributed by atoms with E-state index < -0.39 is 0 Å². The van der Waals surface area contributed by atoms with Gasteiger partial charge in [-0.15, -0.1) is 0 Å². The van der Waals surface area contributed by atoms with Crippen molar-refractivity contribution in [3.05, 3.63) is 29.8 Å². The van der Waals surface area contributed by atoms with Gasteiger partial charge in [-0.05, 0) is 24.6 Å². The molecule has 2 heterocycles. The van der Waals surface area contributed by atoms with Crippen LogP contribution in [0.15, 0.2) is 24.3 Å². The number of hydrogen-bond donors (Lipinski definition) is 0. The molecule has 1 aromatic carbocycles. The molecule has 0 aromatic heterocycles. The zero-order chi connectivity index (χ0) is 14.0. The monoisotopic (exact) mass is 275 g/mol. The second-order valence-electron chi connectivity index (χ2n) is 5.64. The first kappa shape index (κ1) is 13.6. The first-order chi connectivity index (χ1) is 9.67. The molecule has 1 aromatic rings. The minimum Gasteiger partial charge on any atom is -0.371 e. The Labute approximate surface area is 119 Å². The molecule has 4 heteroatoms. The fourth-order valence-corrected chi connectivity index (χ4v) is 3.00. The van der Waals surface area contributed by atoms with Crippen molar-refractivity contribution in [1.82, 2.24) is 0 Å². The van der Waals surface area contributed by atoms with Gasteiger partial charge in [0.05, 0.1) is 13.2 Å². The molecule has 0 N–H and O–H groups in total. The van der Waals surface area contributed by atoms with E-state index in [4.69, 9.17) is 9.47 Å². The molecule has 0 saturated carbocycles. The van der Waals surface area contributed by atoms with E-state index in [0.29, 0.717) is 6.42 Å². The number of benzene rings is 1. The predicted molar refractivity (Wildman–Crippen MR) is 76.9 cm³/mol. The topological polar surface area (TPSA) is 38.8 Å². The van der Waals surface area contributed by atoms with E-state index in [1.165, 1.54) is 5.69 Å². The smallest absolute Gasteiger partial charge is 0.171 e. The Kier molecular flexibility index (Phi) is 3.76. The van der Waals surface area contributed by atoms with Gasteiger partial charge in [0.25, 0.3) is 0 Å². The Hall–Kier alpha value is -1.39. The molecule has 0 bridgehead atoms. The summed E-state index contributed by atoms with van der Waals surface area (Å²) >= 11 is 0. The molecule has 0 atom stereocenters. The lowest BCUT2D eigenvalue weighted by molar-refractivity contribution is -0.169. The van der Waals surface area contributed by atoms with Crippen molar-refractivity contribution in [1.29, 1.82) is 0 Å². The second-order valence-corrected chi connectivity index (χ2v) is 5.64. The number of hydrogen-bond acceptors (Lipinski definition) is 4. The van der Waals surface area contributed by atoms with Crippen molar-refractivity contribution >= 4 is 11.5 Å². The van der Waals surface area contributed by atoms with Crippen LogP contribution in [0.2, 0.25) is 0 Å². The second kappa shape index (κ2) is 5.54. The summed E-state index contributed by atoms with van der Waals surface area (Å²) in [6.07, 6.45) is 2.36. The van der Waals surface area contributed by atoms with Crippen LogP contribution in [-0.2, 0) is 20.7 Å². The third kappa shape index (κ3) is 2.86. The molecule has 1 spiro atoms. The number of carbonyl (C=O) groups excluding carboxylic acids is 1. The van der Waals surface area contributed by atoms with Gasteiger partial charge in [-0.3, -0.25) is 4.79 Å². The summed E-state index contributed by atoms with van der Waals surface area (Å²) in [5.74, 6) is -0.112. The summed E-state index contributed by atoms with van der Waals surface area (Å²) in [6, 6.07) is 8.30. The van der Waals surface area contributed by atoms with Crippen molar-refractivity contribution < 1.29 is 14.3 Å². The summed E-state index contributed by atoms with van der Waals surface area (Å²) < 4.78 is 11.5. The number of Topliss-reactive ketones (excluding diaryl/α,β-unsaturated/α-hetero) is 1. The van der Waals surface area contributed by atoms with Crippen LogP contribution in [0.1, 0.15) is 25.3 Å². The molecule has 0 unspecified atom stereocenters. The van der Waals surface area contributed by atoms with Gasteiger partial charge in [0.2, 0.25) is 0 Å². The molecule has 20 heavy (non-hydrogen) atoms. The molecule has 2 fully saturated rings. The molecule has 0 radical (unpaired) electrons. The molecule has 3 rings (SSSR count). The number of carbonyl (C=O) groups is 1. The SMILES string of the molecule is CC(=O)Cc1ccc(N2CCC3(CC2)OCCO3)cc1. The first-order valence-corrected chi connectivity index (χ1v) is 7.28. The lowest BCUT2D eigenvalue weighted by Gasteiger charge is -2.38. The largest absolute Gasteiger partial charge is 0.371 e. The molecule has 2 saturated heterocycles. The molecule has 0 amide bonds. The van der Waals surface area contributed by atoms with Crippen LogP contribution < -0.4 is 4.90 Å². The van der Waals surface area contributed by atoms with Gasteiger partial charge in [0.15, 0.2) is 5.79 Å². The highest BCUT2D eigenvalue weighted by atomic mass is 16.7. The van der Waals surface area contributed by atoms with E-state index in [1.807, 2.05) is 12.1 Å². The summed E-state index contributed by atoms with van der Waals surface area (Å²) in [5.41, 5.74) is 2.29. The molecule has 0 aliphatic carbocycles. The number of piperidine rings is 1. The highest BCUT2D eigenvalue weighted by Gasteiger charge is 2.39. The van der Waals surface area contributed by atoms with Gasteiger partial charge in [0.1, 0.15) is 5.78 Å². The lowest BCUT2D eigenvalue weighted by Crippen LogP contribution is -2.45. The van der Waals surface area contributed by atoms with Crippen LogP contribution >= 0.6 is 0 Å². The minimum absolute atomic E-state index is 0.202. The van der Waals surface area contributed by atoms with E-state index in [2.05, 4.69) is 17.0 Å². The van der Waals surface area contributed by atoms with Crippen molar-refractivity contribution in [3.8, 4) is 0 Å². The van der Waals surface area contributed by atoms with Gasteiger partial charge in [-0.2, -0.15) is 0 Å². The summed E-state index contributed by atoms with van der Waals surface area (Å²) in [7, 11) is 0. The van der Waals surface area contributed by atoms with E-state index in [9.17, 15) is 4.79 Å². The number of ether oxygens (including phenoxy) is 2. The lowest BCUT2D eigenvalue weighted by atomic mass is 10.0. The number of nitrogens with zero attached hydrogens (tertiary/aromatic N) is 1. The predicted octanol–water partition coefficient (Wildman–Crippen LogP) is 2.16. The highest BCUT2D eigenvalue weighted by Crippen LogP contribution is 2.33. The maximum absolute atomic E-state index is 11.1. The zero-order valence-electron chi connectivity index (χ0n) is 11.9. The maximum Gasteiger partial charge on any atom is 0.171 e. The number of rotatable bonds is 3. The Morgan fingerprint density at radius 3 is 2.30 bits per heavy atom. The van der Waals surface area contributed by atoms with Crippen LogP contribution in [0, 0.1) is 0 Å². The summed E-state index contributed by atoms with van der Waals surface area (Å²) in [5, 5.41) is 0. The highest BCUT2D eigenvalue weighted by molar-refractivity contribution is 5.78. The van der Waals surface area contributed by atoms with Crippen LogP contribution in [0.4, 0.5) is 5.69 Å². The quantitative estimate of drug-likeness (QED) is 0.847. The van der Waals surface area contributed by atoms with Gasteiger partial charge >= 0.3 is 0 Å². The average Bonchev–Trinajstić information content (AvgIpc) is 2.89. The Balaban J connectivity index is 1.61. The van der Waals surface area contributed by atoms with Crippen molar-refractivity contribution in [2.75, 3.05) is 31.2 Å². The standard InChI is InChI=1S/C16H21NO3/c1-13(18)12-14-2-4-15(5-3-14)17-8-6-16(7-9-17)19-10-11-20-16/h2-5H,6-12H2,1H3. The van der Waals surface area contributed by atoms with E-state index in [1.54, 1.807) is 6.92 Å². The van der Waals surface area contributed by atoms with Gasteiger partial charge in [-0.1, -0.05) is 12.1 Å². The third-order valence-electron chi connectivity index (χ3n) is 4.09. The molecule has 108 valence electrons. The van der Waals surface area contributed by atoms with Crippen LogP contribution in [0.5, 0.6) is 0 Å². The normalized spacial score (nSPS) is 21.4. The first-order valence-electron chi connectivity index (χ1n) is 7.28. The van der Waals surface area contributed by atoms with Gasteiger partial charge in [-0.25, -0.2) is 0 Å². The van der Waals surface area contributed by atoms with Crippen LogP contribution in [0.25, 0.3) is 0 Å². The molecule has 4 nitrogen and oxygen atoms in total. The maximum atomic E-state index is 11.1. The number of ketones is 1. The molecular formula is C16H21NO3. The van der Waals surface area contributed by atoms with Crippen molar-refractivity contribution in [2.45, 2.75) is 32.0 Å².